The van der Waals surface area contributed by atoms with Crippen LogP contribution in [0.4, 0.5) is 0 Å². The summed E-state index contributed by atoms with van der Waals surface area (Å²) < 4.78 is 31.5. The lowest BCUT2D eigenvalue weighted by Gasteiger charge is -2.21. The summed E-state index contributed by atoms with van der Waals surface area (Å²) in [5, 5.41) is 0. The Labute approximate surface area is 155 Å². The number of esters is 1. The van der Waals surface area contributed by atoms with E-state index in [-0.39, 0.29) is 23.1 Å². The van der Waals surface area contributed by atoms with Crippen LogP contribution in [0.1, 0.15) is 29.8 Å². The minimum absolute atomic E-state index is 0.0722. The van der Waals surface area contributed by atoms with Crippen LogP contribution in [0.15, 0.2) is 65.6 Å². The highest BCUT2D eigenvalue weighted by Gasteiger charge is 2.24. The first-order valence-electron chi connectivity index (χ1n) is 8.29. The van der Waals surface area contributed by atoms with Crippen LogP contribution in [0.25, 0.3) is 6.08 Å². The molecule has 0 N–H and O–H groups in total. The number of hydrogen-bond acceptors (Lipinski definition) is 4. The van der Waals surface area contributed by atoms with Gasteiger partial charge in [0.1, 0.15) is 6.61 Å². The normalized spacial score (nSPS) is 12.0. The third-order valence-electron chi connectivity index (χ3n) is 3.89. The monoisotopic (exact) mass is 373 g/mol. The average molecular weight is 373 g/mol. The molecule has 0 aliphatic heterocycles. The molecule has 0 radical (unpaired) electrons. The number of benzene rings is 2. The fourth-order valence-electron chi connectivity index (χ4n) is 2.18. The van der Waals surface area contributed by atoms with E-state index in [1.807, 2.05) is 36.4 Å². The van der Waals surface area contributed by atoms with Crippen LogP contribution in [0, 0.1) is 0 Å². The Morgan fingerprint density at radius 2 is 1.81 bits per heavy atom. The summed E-state index contributed by atoms with van der Waals surface area (Å²) in [6, 6.07) is 15.4. The van der Waals surface area contributed by atoms with E-state index in [4.69, 9.17) is 4.74 Å². The molecule has 2 aromatic carbocycles. The van der Waals surface area contributed by atoms with Gasteiger partial charge in [0.15, 0.2) is 0 Å². The lowest BCUT2D eigenvalue weighted by atomic mass is 10.2. The maximum atomic E-state index is 12.5. The number of carbonyl (C=O) groups excluding carboxylic acids is 1. The van der Waals surface area contributed by atoms with Gasteiger partial charge in [-0.25, -0.2) is 13.2 Å². The molecule has 0 amide bonds. The van der Waals surface area contributed by atoms with E-state index >= 15 is 0 Å². The second-order valence-corrected chi connectivity index (χ2v) is 8.05. The van der Waals surface area contributed by atoms with Gasteiger partial charge in [-0.15, -0.1) is 0 Å². The minimum Gasteiger partial charge on any atom is -0.458 e. The number of hydrogen-bond donors (Lipinski definition) is 0. The summed E-state index contributed by atoms with van der Waals surface area (Å²) in [5.41, 5.74) is 1.21. The van der Waals surface area contributed by atoms with Gasteiger partial charge in [0.25, 0.3) is 0 Å². The van der Waals surface area contributed by atoms with Crippen molar-refractivity contribution in [3.05, 3.63) is 71.8 Å². The predicted octanol–water partition coefficient (Wildman–Crippen LogP) is 3.59. The average Bonchev–Trinajstić information content (AvgIpc) is 2.65. The molecule has 2 aromatic rings. The van der Waals surface area contributed by atoms with Crippen LogP contribution >= 0.6 is 0 Å². The topological polar surface area (TPSA) is 63.7 Å². The predicted molar refractivity (Wildman–Crippen MR) is 102 cm³/mol. The fourth-order valence-corrected chi connectivity index (χ4v) is 3.60. The van der Waals surface area contributed by atoms with Crippen molar-refractivity contribution in [2.24, 2.45) is 0 Å². The Morgan fingerprint density at radius 3 is 2.46 bits per heavy atom. The molecular formula is C20H23NO4S. The van der Waals surface area contributed by atoms with Crippen LogP contribution in [-0.4, -0.2) is 38.4 Å². The third kappa shape index (κ3) is 5.03. The van der Waals surface area contributed by atoms with Gasteiger partial charge in [-0.3, -0.25) is 0 Å². The summed E-state index contributed by atoms with van der Waals surface area (Å²) in [6.07, 6.45) is 3.59. The first kappa shape index (κ1) is 19.9. The van der Waals surface area contributed by atoms with Crippen molar-refractivity contribution in [2.45, 2.75) is 24.8 Å². The van der Waals surface area contributed by atoms with Gasteiger partial charge in [0.05, 0.1) is 10.5 Å². The minimum atomic E-state index is -3.64. The van der Waals surface area contributed by atoms with Crippen LogP contribution in [0.2, 0.25) is 0 Å². The van der Waals surface area contributed by atoms with E-state index in [1.165, 1.54) is 35.6 Å². The molecule has 0 saturated carbocycles. The first-order chi connectivity index (χ1) is 12.3. The van der Waals surface area contributed by atoms with Crippen LogP contribution in [-0.2, 0) is 14.8 Å². The molecule has 0 spiro atoms. The molecule has 0 unspecified atom stereocenters. The van der Waals surface area contributed by atoms with E-state index in [0.717, 1.165) is 5.56 Å². The molecule has 138 valence electrons. The van der Waals surface area contributed by atoms with Crippen LogP contribution < -0.4 is 0 Å². The zero-order chi connectivity index (χ0) is 19.2. The lowest BCUT2D eigenvalue weighted by molar-refractivity contribution is 0.0550. The van der Waals surface area contributed by atoms with Crippen molar-refractivity contribution in [1.82, 2.24) is 4.31 Å². The molecule has 0 atom stereocenters. The molecule has 0 heterocycles. The second-order valence-electron chi connectivity index (χ2n) is 6.05. The van der Waals surface area contributed by atoms with Crippen molar-refractivity contribution in [1.29, 1.82) is 0 Å². The SMILES string of the molecule is CC(C)N(C)S(=O)(=O)c1cccc(C(=O)OC/C=C/c2ccccc2)c1. The lowest BCUT2D eigenvalue weighted by Crippen LogP contribution is -2.33. The van der Waals surface area contributed by atoms with Crippen molar-refractivity contribution in [2.75, 3.05) is 13.7 Å². The summed E-state index contributed by atoms with van der Waals surface area (Å²) in [7, 11) is -2.13. The Kier molecular flexibility index (Phi) is 6.71. The van der Waals surface area contributed by atoms with Crippen LogP contribution in [0.3, 0.4) is 0 Å². The highest BCUT2D eigenvalue weighted by Crippen LogP contribution is 2.18. The smallest absolute Gasteiger partial charge is 0.338 e. The Bertz CT molecular complexity index is 874. The maximum absolute atomic E-state index is 12.5. The fraction of sp³-hybridized carbons (Fsp3) is 0.250. The van der Waals surface area contributed by atoms with Gasteiger partial charge < -0.3 is 4.74 Å². The highest BCUT2D eigenvalue weighted by atomic mass is 32.2. The molecule has 2 rings (SSSR count). The molecule has 26 heavy (non-hydrogen) atoms. The van der Waals surface area contributed by atoms with Gasteiger partial charge in [-0.05, 0) is 43.7 Å². The van der Waals surface area contributed by atoms with E-state index in [2.05, 4.69) is 0 Å². The van der Waals surface area contributed by atoms with E-state index in [9.17, 15) is 13.2 Å². The summed E-state index contributed by atoms with van der Waals surface area (Å²) >= 11 is 0. The largest absolute Gasteiger partial charge is 0.458 e. The van der Waals surface area contributed by atoms with Gasteiger partial charge in [0.2, 0.25) is 10.0 Å². The Morgan fingerprint density at radius 1 is 1.12 bits per heavy atom. The summed E-state index contributed by atoms with van der Waals surface area (Å²) in [4.78, 5) is 12.2. The molecule has 0 saturated heterocycles. The molecule has 0 aliphatic carbocycles. The number of ether oxygens (including phenoxy) is 1. The Hall–Kier alpha value is -2.44. The van der Waals surface area contributed by atoms with Gasteiger partial charge in [-0.2, -0.15) is 4.31 Å². The molecule has 0 fully saturated rings. The van der Waals surface area contributed by atoms with Gasteiger partial charge in [-0.1, -0.05) is 42.5 Å². The van der Waals surface area contributed by atoms with E-state index in [0.29, 0.717) is 0 Å². The number of sulfonamides is 1. The second kappa shape index (κ2) is 8.78. The zero-order valence-corrected chi connectivity index (χ0v) is 15.9. The summed E-state index contributed by atoms with van der Waals surface area (Å²) in [5.74, 6) is -0.563. The highest BCUT2D eigenvalue weighted by molar-refractivity contribution is 7.89. The van der Waals surface area contributed by atoms with Gasteiger partial charge in [0, 0.05) is 13.1 Å². The van der Waals surface area contributed by atoms with E-state index < -0.39 is 16.0 Å². The van der Waals surface area contributed by atoms with Crippen LogP contribution in [0.5, 0.6) is 0 Å². The molecule has 0 aliphatic rings. The molecule has 6 heteroatoms. The van der Waals surface area contributed by atoms with Crippen molar-refractivity contribution < 1.29 is 17.9 Å². The van der Waals surface area contributed by atoms with Crippen molar-refractivity contribution in [3.8, 4) is 0 Å². The zero-order valence-electron chi connectivity index (χ0n) is 15.1. The summed E-state index contributed by atoms with van der Waals surface area (Å²) in [6.45, 7) is 3.68. The standard InChI is InChI=1S/C20H23NO4S/c1-16(2)21(3)26(23,24)19-13-7-12-18(15-19)20(22)25-14-8-11-17-9-5-4-6-10-17/h4-13,15-16H,14H2,1-3H3/b11-8+. The van der Waals surface area contributed by atoms with Gasteiger partial charge >= 0.3 is 5.97 Å². The number of nitrogens with zero attached hydrogens (tertiary/aromatic N) is 1. The molecular weight excluding hydrogens is 350 g/mol. The third-order valence-corrected chi connectivity index (χ3v) is 5.92. The quantitative estimate of drug-likeness (QED) is 0.696. The van der Waals surface area contributed by atoms with Crippen molar-refractivity contribution in [3.63, 3.8) is 0 Å². The molecule has 5 nitrogen and oxygen atoms in total. The molecule has 0 aromatic heterocycles. The maximum Gasteiger partial charge on any atom is 0.338 e. The first-order valence-corrected chi connectivity index (χ1v) is 9.73. The van der Waals surface area contributed by atoms with E-state index in [1.54, 1.807) is 19.9 Å². The number of rotatable bonds is 7. The van der Waals surface area contributed by atoms with Crippen molar-refractivity contribution >= 4 is 22.1 Å². The molecule has 0 bridgehead atoms. The number of carbonyl (C=O) groups is 1. The Balaban J connectivity index is 2.05.